The van der Waals surface area contributed by atoms with Crippen molar-refractivity contribution in [2.45, 2.75) is 6.92 Å². The Morgan fingerprint density at radius 3 is 2.53 bits per heavy atom. The summed E-state index contributed by atoms with van der Waals surface area (Å²) in [6.07, 6.45) is 1.65. The average molecular weight is 251 g/mol. The molecule has 0 saturated carbocycles. The second kappa shape index (κ2) is 4.61. The van der Waals surface area contributed by atoms with E-state index in [2.05, 4.69) is 0 Å². The van der Waals surface area contributed by atoms with Gasteiger partial charge < -0.3 is 4.84 Å². The van der Waals surface area contributed by atoms with E-state index >= 15 is 0 Å². The lowest BCUT2D eigenvalue weighted by molar-refractivity contribution is 0.225. The van der Waals surface area contributed by atoms with Crippen molar-refractivity contribution in [3.63, 3.8) is 0 Å². The fourth-order valence-corrected chi connectivity index (χ4v) is 2.02. The number of benzene rings is 2. The number of hydrogen-bond acceptors (Lipinski definition) is 2. The SMILES string of the molecule is Cc1ccccc1On1ccc(=O)c2ccccc21. The van der Waals surface area contributed by atoms with Gasteiger partial charge in [0.15, 0.2) is 11.2 Å². The minimum Gasteiger partial charge on any atom is -0.375 e. The predicted octanol–water partition coefficient (Wildman–Crippen LogP) is 3.15. The summed E-state index contributed by atoms with van der Waals surface area (Å²) in [6.45, 7) is 1.99. The molecule has 0 N–H and O–H groups in total. The van der Waals surface area contributed by atoms with E-state index in [1.165, 1.54) is 6.07 Å². The molecule has 0 spiro atoms. The standard InChI is InChI=1S/C16H13NO2/c1-12-6-2-5-9-16(12)19-17-11-10-15(18)13-7-3-4-8-14(13)17/h2-11H,1H3. The lowest BCUT2D eigenvalue weighted by atomic mass is 10.2. The Morgan fingerprint density at radius 1 is 0.947 bits per heavy atom. The van der Waals surface area contributed by atoms with Crippen molar-refractivity contribution in [1.82, 2.24) is 4.73 Å². The zero-order valence-corrected chi connectivity index (χ0v) is 10.5. The molecular weight excluding hydrogens is 238 g/mol. The fourth-order valence-electron chi connectivity index (χ4n) is 2.02. The molecule has 0 atom stereocenters. The van der Waals surface area contributed by atoms with E-state index in [9.17, 15) is 4.79 Å². The van der Waals surface area contributed by atoms with Crippen LogP contribution in [0.4, 0.5) is 0 Å². The zero-order chi connectivity index (χ0) is 13.2. The number of para-hydroxylation sites is 2. The Hall–Kier alpha value is -2.55. The summed E-state index contributed by atoms with van der Waals surface area (Å²) in [5.74, 6) is 0.774. The number of pyridine rings is 1. The summed E-state index contributed by atoms with van der Waals surface area (Å²) in [6, 6.07) is 16.7. The Morgan fingerprint density at radius 2 is 1.68 bits per heavy atom. The van der Waals surface area contributed by atoms with Crippen LogP contribution in [0.2, 0.25) is 0 Å². The topological polar surface area (TPSA) is 31.2 Å². The molecule has 3 aromatic rings. The van der Waals surface area contributed by atoms with Crippen molar-refractivity contribution in [1.29, 1.82) is 0 Å². The number of aromatic nitrogens is 1. The van der Waals surface area contributed by atoms with Crippen LogP contribution in [0.3, 0.4) is 0 Å². The van der Waals surface area contributed by atoms with Crippen LogP contribution in [0.15, 0.2) is 65.6 Å². The minimum atomic E-state index is 0.000216. The molecule has 0 amide bonds. The van der Waals surface area contributed by atoms with Crippen LogP contribution in [0, 0.1) is 6.92 Å². The minimum absolute atomic E-state index is 0.000216. The van der Waals surface area contributed by atoms with Gasteiger partial charge in [0, 0.05) is 17.6 Å². The molecule has 3 nitrogen and oxygen atoms in total. The second-order valence-corrected chi connectivity index (χ2v) is 4.38. The molecule has 0 radical (unpaired) electrons. The highest BCUT2D eigenvalue weighted by molar-refractivity contribution is 5.78. The molecule has 94 valence electrons. The first kappa shape index (κ1) is 11.5. The van der Waals surface area contributed by atoms with Gasteiger partial charge in [-0.2, -0.15) is 4.73 Å². The molecule has 0 unspecified atom stereocenters. The third kappa shape index (κ3) is 2.10. The lowest BCUT2D eigenvalue weighted by Gasteiger charge is -2.13. The molecular formula is C16H13NO2. The molecule has 19 heavy (non-hydrogen) atoms. The smallest absolute Gasteiger partial charge is 0.189 e. The van der Waals surface area contributed by atoms with E-state index in [0.717, 1.165) is 16.8 Å². The maximum Gasteiger partial charge on any atom is 0.189 e. The maximum absolute atomic E-state index is 11.8. The third-order valence-electron chi connectivity index (χ3n) is 3.06. The van der Waals surface area contributed by atoms with Gasteiger partial charge in [-0.05, 0) is 30.7 Å². The molecule has 1 heterocycles. The predicted molar refractivity (Wildman–Crippen MR) is 75.4 cm³/mol. The summed E-state index contributed by atoms with van der Waals surface area (Å²) in [7, 11) is 0. The number of nitrogens with zero attached hydrogens (tertiary/aromatic N) is 1. The van der Waals surface area contributed by atoms with Gasteiger partial charge in [0.05, 0.1) is 5.52 Å². The Bertz CT molecular complexity index is 790. The summed E-state index contributed by atoms with van der Waals surface area (Å²) < 4.78 is 1.62. The van der Waals surface area contributed by atoms with Gasteiger partial charge in [-0.1, -0.05) is 30.3 Å². The van der Waals surface area contributed by atoms with E-state index in [0.29, 0.717) is 5.39 Å². The second-order valence-electron chi connectivity index (χ2n) is 4.38. The molecule has 0 aliphatic heterocycles. The van der Waals surface area contributed by atoms with Gasteiger partial charge in [-0.25, -0.2) is 0 Å². The molecule has 0 aliphatic rings. The first-order valence-corrected chi connectivity index (χ1v) is 6.10. The largest absolute Gasteiger partial charge is 0.375 e. The van der Waals surface area contributed by atoms with Gasteiger partial charge >= 0.3 is 0 Å². The highest BCUT2D eigenvalue weighted by atomic mass is 16.7. The Labute approximate surface area is 110 Å². The van der Waals surface area contributed by atoms with Crippen LogP contribution >= 0.6 is 0 Å². The van der Waals surface area contributed by atoms with Crippen molar-refractivity contribution in [2.24, 2.45) is 0 Å². The molecule has 3 heteroatoms. The molecule has 3 rings (SSSR count). The Kier molecular flexibility index (Phi) is 2.80. The van der Waals surface area contributed by atoms with Gasteiger partial charge in [0.25, 0.3) is 0 Å². The van der Waals surface area contributed by atoms with E-state index < -0.39 is 0 Å². The van der Waals surface area contributed by atoms with E-state index in [1.54, 1.807) is 17.0 Å². The molecule has 0 saturated heterocycles. The summed E-state index contributed by atoms with van der Waals surface area (Å²) in [5, 5.41) is 0.651. The number of rotatable bonds is 2. The first-order chi connectivity index (χ1) is 9.25. The quantitative estimate of drug-likeness (QED) is 0.700. The summed E-state index contributed by atoms with van der Waals surface area (Å²) in [5.41, 5.74) is 1.81. The number of hydrogen-bond donors (Lipinski definition) is 0. The first-order valence-electron chi connectivity index (χ1n) is 6.10. The molecule has 1 aromatic heterocycles. The van der Waals surface area contributed by atoms with Crippen molar-refractivity contribution in [3.8, 4) is 5.75 Å². The number of fused-ring (bicyclic) bond motifs is 1. The van der Waals surface area contributed by atoms with Crippen molar-refractivity contribution >= 4 is 10.9 Å². The van der Waals surface area contributed by atoms with Crippen LogP contribution in [0.25, 0.3) is 10.9 Å². The monoisotopic (exact) mass is 251 g/mol. The van der Waals surface area contributed by atoms with Crippen molar-refractivity contribution < 1.29 is 4.84 Å². The highest BCUT2D eigenvalue weighted by Crippen LogP contribution is 2.18. The van der Waals surface area contributed by atoms with Crippen LogP contribution in [0.5, 0.6) is 5.75 Å². The molecule has 0 bridgehead atoms. The fraction of sp³-hybridized carbons (Fsp3) is 0.0625. The molecule has 2 aromatic carbocycles. The summed E-state index contributed by atoms with van der Waals surface area (Å²) in [4.78, 5) is 17.6. The maximum atomic E-state index is 11.8. The van der Waals surface area contributed by atoms with Gasteiger partial charge in [-0.3, -0.25) is 4.79 Å². The number of aryl methyl sites for hydroxylation is 1. The zero-order valence-electron chi connectivity index (χ0n) is 10.5. The van der Waals surface area contributed by atoms with Crippen LogP contribution in [-0.4, -0.2) is 4.73 Å². The van der Waals surface area contributed by atoms with Gasteiger partial charge in [0.1, 0.15) is 0 Å². The molecule has 0 aliphatic carbocycles. The van der Waals surface area contributed by atoms with Crippen molar-refractivity contribution in [2.75, 3.05) is 0 Å². The van der Waals surface area contributed by atoms with Crippen LogP contribution in [-0.2, 0) is 0 Å². The normalized spacial score (nSPS) is 10.6. The van der Waals surface area contributed by atoms with Crippen LogP contribution in [0.1, 0.15) is 5.56 Å². The van der Waals surface area contributed by atoms with E-state index in [1.807, 2.05) is 49.4 Å². The van der Waals surface area contributed by atoms with E-state index in [-0.39, 0.29) is 5.43 Å². The van der Waals surface area contributed by atoms with Gasteiger partial charge in [0.2, 0.25) is 0 Å². The highest BCUT2D eigenvalue weighted by Gasteiger charge is 2.04. The average Bonchev–Trinajstić information content (AvgIpc) is 2.44. The molecule has 0 fully saturated rings. The summed E-state index contributed by atoms with van der Waals surface area (Å²) >= 11 is 0. The lowest BCUT2D eigenvalue weighted by Crippen LogP contribution is -2.12. The van der Waals surface area contributed by atoms with Crippen LogP contribution < -0.4 is 10.3 Å². The van der Waals surface area contributed by atoms with Crippen molar-refractivity contribution in [3.05, 3.63) is 76.6 Å². The third-order valence-corrected chi connectivity index (χ3v) is 3.06. The van der Waals surface area contributed by atoms with Gasteiger partial charge in [-0.15, -0.1) is 0 Å². The van der Waals surface area contributed by atoms with E-state index in [4.69, 9.17) is 4.84 Å². The Balaban J connectivity index is 2.14.